The molecule has 0 saturated heterocycles. The quantitative estimate of drug-likeness (QED) is 0.854. The predicted molar refractivity (Wildman–Crippen MR) is 73.6 cm³/mol. The van der Waals surface area contributed by atoms with Crippen LogP contribution in [0.5, 0.6) is 0 Å². The minimum atomic E-state index is -0.324. The van der Waals surface area contributed by atoms with Gasteiger partial charge < -0.3 is 4.52 Å². The van der Waals surface area contributed by atoms with E-state index >= 15 is 0 Å². The Morgan fingerprint density at radius 2 is 2.22 bits per heavy atom. The van der Waals surface area contributed by atoms with E-state index in [0.717, 1.165) is 9.35 Å². The normalized spacial score (nSPS) is 12.9. The summed E-state index contributed by atoms with van der Waals surface area (Å²) >= 11 is 4.91. The zero-order valence-corrected chi connectivity index (χ0v) is 12.7. The molecule has 0 fully saturated rings. The number of thiophene rings is 1. The van der Waals surface area contributed by atoms with Crippen LogP contribution in [0.25, 0.3) is 10.7 Å². The predicted octanol–water partition coefficient (Wildman–Crippen LogP) is 3.89. The second-order valence-corrected chi connectivity index (χ2v) is 6.24. The van der Waals surface area contributed by atoms with Crippen molar-refractivity contribution in [3.05, 3.63) is 21.8 Å². The molecule has 0 bridgehead atoms. The molecule has 1 atom stereocenters. The third-order valence-electron chi connectivity index (χ3n) is 2.60. The van der Waals surface area contributed by atoms with Gasteiger partial charge in [0.25, 0.3) is 0 Å². The Morgan fingerprint density at radius 3 is 2.72 bits per heavy atom. The maximum atomic E-state index is 11.6. The van der Waals surface area contributed by atoms with Crippen molar-refractivity contribution < 1.29 is 9.32 Å². The Morgan fingerprint density at radius 1 is 1.50 bits per heavy atom. The summed E-state index contributed by atoms with van der Waals surface area (Å²) < 4.78 is 6.21. The van der Waals surface area contributed by atoms with Gasteiger partial charge in [-0.15, -0.1) is 11.3 Å². The van der Waals surface area contributed by atoms with E-state index in [-0.39, 0.29) is 17.6 Å². The van der Waals surface area contributed by atoms with Crippen molar-refractivity contribution in [2.45, 2.75) is 26.7 Å². The van der Waals surface area contributed by atoms with Crippen LogP contribution >= 0.6 is 27.3 Å². The molecule has 2 aromatic rings. The minimum Gasteiger partial charge on any atom is -0.338 e. The zero-order chi connectivity index (χ0) is 13.3. The number of hydrogen-bond donors (Lipinski definition) is 0. The third kappa shape index (κ3) is 2.70. The first-order chi connectivity index (χ1) is 8.49. The highest BCUT2D eigenvalue weighted by molar-refractivity contribution is 9.10. The summed E-state index contributed by atoms with van der Waals surface area (Å²) in [5.74, 6) is 0.803. The van der Waals surface area contributed by atoms with E-state index in [1.807, 2.05) is 25.3 Å². The number of rotatable bonds is 4. The van der Waals surface area contributed by atoms with E-state index in [1.54, 1.807) is 6.92 Å². The minimum absolute atomic E-state index is 0.0487. The Kier molecular flexibility index (Phi) is 3.97. The van der Waals surface area contributed by atoms with Gasteiger partial charge in [0.15, 0.2) is 0 Å². The molecule has 2 aromatic heterocycles. The second-order valence-electron chi connectivity index (χ2n) is 4.42. The Bertz CT molecular complexity index is 562. The van der Waals surface area contributed by atoms with E-state index < -0.39 is 0 Å². The fourth-order valence-corrected chi connectivity index (χ4v) is 3.17. The van der Waals surface area contributed by atoms with Crippen molar-refractivity contribution in [3.63, 3.8) is 0 Å². The number of hydrogen-bond acceptors (Lipinski definition) is 5. The standard InChI is InChI=1S/C12H13BrN2O2S/c1-6(2)10(7(3)16)12-14-11(15-17-12)9-4-8(13)5-18-9/h4-6,10H,1-3H3. The van der Waals surface area contributed by atoms with Gasteiger partial charge in [-0.1, -0.05) is 19.0 Å². The smallest absolute Gasteiger partial charge is 0.237 e. The number of aromatic nitrogens is 2. The lowest BCUT2D eigenvalue weighted by Crippen LogP contribution is -2.15. The van der Waals surface area contributed by atoms with Crippen molar-refractivity contribution >= 4 is 33.0 Å². The highest BCUT2D eigenvalue weighted by Crippen LogP contribution is 2.30. The van der Waals surface area contributed by atoms with Gasteiger partial charge in [0.2, 0.25) is 11.7 Å². The van der Waals surface area contributed by atoms with Gasteiger partial charge in [-0.3, -0.25) is 4.79 Å². The lowest BCUT2D eigenvalue weighted by atomic mass is 9.92. The molecule has 0 spiro atoms. The second kappa shape index (κ2) is 5.32. The summed E-state index contributed by atoms with van der Waals surface area (Å²) in [7, 11) is 0. The van der Waals surface area contributed by atoms with Crippen molar-refractivity contribution in [1.82, 2.24) is 10.1 Å². The van der Waals surface area contributed by atoms with Crippen LogP contribution in [-0.4, -0.2) is 15.9 Å². The van der Waals surface area contributed by atoms with Crippen LogP contribution in [0, 0.1) is 5.92 Å². The van der Waals surface area contributed by atoms with Gasteiger partial charge in [0, 0.05) is 9.85 Å². The lowest BCUT2D eigenvalue weighted by Gasteiger charge is -2.12. The molecule has 0 aromatic carbocycles. The Labute approximate surface area is 118 Å². The molecule has 2 rings (SSSR count). The molecule has 0 saturated carbocycles. The molecule has 0 radical (unpaired) electrons. The maximum absolute atomic E-state index is 11.6. The number of carbonyl (C=O) groups is 1. The molecule has 96 valence electrons. The Hall–Kier alpha value is -1.01. The van der Waals surface area contributed by atoms with Gasteiger partial charge in [-0.2, -0.15) is 4.98 Å². The molecule has 4 nitrogen and oxygen atoms in total. The van der Waals surface area contributed by atoms with Gasteiger partial charge in [0.05, 0.1) is 10.8 Å². The van der Waals surface area contributed by atoms with E-state index in [9.17, 15) is 4.79 Å². The summed E-state index contributed by atoms with van der Waals surface area (Å²) in [4.78, 5) is 16.9. The molecule has 1 unspecified atom stereocenters. The number of ketones is 1. The van der Waals surface area contributed by atoms with E-state index in [4.69, 9.17) is 4.52 Å². The van der Waals surface area contributed by atoms with Crippen LogP contribution in [0.15, 0.2) is 20.4 Å². The third-order valence-corrected chi connectivity index (χ3v) is 4.29. The molecule has 2 heterocycles. The van der Waals surface area contributed by atoms with Crippen LogP contribution in [-0.2, 0) is 4.79 Å². The molecule has 0 amide bonds. The molecule has 18 heavy (non-hydrogen) atoms. The average Bonchev–Trinajstić information content (AvgIpc) is 2.85. The van der Waals surface area contributed by atoms with Gasteiger partial charge in [-0.05, 0) is 34.8 Å². The number of nitrogens with zero attached hydrogens (tertiary/aromatic N) is 2. The summed E-state index contributed by atoms with van der Waals surface area (Å²) in [5, 5.41) is 5.89. The molecule has 0 N–H and O–H groups in total. The fraction of sp³-hybridized carbons (Fsp3) is 0.417. The molecule has 0 aliphatic carbocycles. The zero-order valence-electron chi connectivity index (χ0n) is 10.3. The van der Waals surface area contributed by atoms with Crippen LogP contribution in [0.2, 0.25) is 0 Å². The monoisotopic (exact) mass is 328 g/mol. The van der Waals surface area contributed by atoms with Gasteiger partial charge in [0.1, 0.15) is 5.78 Å². The topological polar surface area (TPSA) is 56.0 Å². The largest absolute Gasteiger partial charge is 0.338 e. The first-order valence-electron chi connectivity index (χ1n) is 5.57. The molecular weight excluding hydrogens is 316 g/mol. The van der Waals surface area contributed by atoms with Crippen LogP contribution in [0.4, 0.5) is 0 Å². The SMILES string of the molecule is CC(=O)C(c1nc(-c2cc(Br)cs2)no1)C(C)C. The lowest BCUT2D eigenvalue weighted by molar-refractivity contribution is -0.119. The van der Waals surface area contributed by atoms with Crippen molar-refractivity contribution in [3.8, 4) is 10.7 Å². The van der Waals surface area contributed by atoms with Crippen LogP contribution < -0.4 is 0 Å². The van der Waals surface area contributed by atoms with Crippen molar-refractivity contribution in [1.29, 1.82) is 0 Å². The molecule has 6 heteroatoms. The van der Waals surface area contributed by atoms with Crippen molar-refractivity contribution in [2.75, 3.05) is 0 Å². The fourth-order valence-electron chi connectivity index (χ4n) is 1.82. The number of Topliss-reactive ketones (excluding diaryl/α,β-unsaturated/α-hetero) is 1. The summed E-state index contributed by atoms with van der Waals surface area (Å²) in [6, 6.07) is 1.93. The summed E-state index contributed by atoms with van der Waals surface area (Å²) in [6.07, 6.45) is 0. The van der Waals surface area contributed by atoms with Crippen molar-refractivity contribution in [2.24, 2.45) is 5.92 Å². The van der Waals surface area contributed by atoms with Crippen LogP contribution in [0.3, 0.4) is 0 Å². The van der Waals surface area contributed by atoms with E-state index in [0.29, 0.717) is 11.7 Å². The van der Waals surface area contributed by atoms with Crippen LogP contribution in [0.1, 0.15) is 32.6 Å². The number of carbonyl (C=O) groups excluding carboxylic acids is 1. The number of halogens is 1. The van der Waals surface area contributed by atoms with E-state index in [2.05, 4.69) is 26.1 Å². The molecule has 0 aliphatic rings. The highest BCUT2D eigenvalue weighted by atomic mass is 79.9. The maximum Gasteiger partial charge on any atom is 0.237 e. The van der Waals surface area contributed by atoms with Gasteiger partial charge >= 0.3 is 0 Å². The van der Waals surface area contributed by atoms with Gasteiger partial charge in [-0.25, -0.2) is 0 Å². The van der Waals surface area contributed by atoms with E-state index in [1.165, 1.54) is 11.3 Å². The average molecular weight is 329 g/mol. The first-order valence-corrected chi connectivity index (χ1v) is 7.24. The molecular formula is C12H13BrN2O2S. The first kappa shape index (κ1) is 13.4. The molecule has 0 aliphatic heterocycles. The Balaban J connectivity index is 2.32. The summed E-state index contributed by atoms with van der Waals surface area (Å²) in [6.45, 7) is 5.49. The highest BCUT2D eigenvalue weighted by Gasteiger charge is 2.27. The summed E-state index contributed by atoms with van der Waals surface area (Å²) in [5.41, 5.74) is 0.